The second kappa shape index (κ2) is 8.00. The number of nitrogens with one attached hydrogen (secondary N) is 2. The zero-order valence-corrected chi connectivity index (χ0v) is 16.5. The summed E-state index contributed by atoms with van der Waals surface area (Å²) in [5.41, 5.74) is 2.45. The number of rotatable bonds is 5. The number of carbonyl (C=O) groups excluding carboxylic acids is 1. The molecule has 4 aromatic rings. The normalized spacial score (nSPS) is 12.1. The number of benzene rings is 2. The molecule has 0 aliphatic carbocycles. The first-order valence-corrected chi connectivity index (χ1v) is 9.85. The molecule has 0 bridgehead atoms. The van der Waals surface area contributed by atoms with Gasteiger partial charge in [-0.15, -0.1) is 5.10 Å². The van der Waals surface area contributed by atoms with Gasteiger partial charge in [0.2, 0.25) is 11.1 Å². The molecule has 0 saturated heterocycles. The second-order valence-corrected chi connectivity index (χ2v) is 7.84. The highest BCUT2D eigenvalue weighted by Crippen LogP contribution is 2.26. The molecule has 1 unspecified atom stereocenters. The van der Waals surface area contributed by atoms with Gasteiger partial charge in [-0.2, -0.15) is 0 Å². The number of nitrogens with zero attached hydrogens (tertiary/aromatic N) is 3. The molecule has 0 saturated carbocycles. The summed E-state index contributed by atoms with van der Waals surface area (Å²) in [5.74, 6) is 0.506. The standard InChI is InChI=1S/C20H16ClN5OS/c1-12(19(27)23-17-6-2-5-16-15(17)4-3-11-22-16)28-20-24-18(25-26-20)13-7-9-14(21)10-8-13/h2-12H,1H3,(H,23,27)(H,24,25,26). The summed E-state index contributed by atoms with van der Waals surface area (Å²) in [6, 6.07) is 16.7. The number of hydrogen-bond donors (Lipinski definition) is 2. The average Bonchev–Trinajstić information content (AvgIpc) is 3.17. The van der Waals surface area contributed by atoms with Crippen molar-refractivity contribution in [2.75, 3.05) is 5.32 Å². The molecule has 0 aliphatic heterocycles. The highest BCUT2D eigenvalue weighted by atomic mass is 35.5. The van der Waals surface area contributed by atoms with Crippen molar-refractivity contribution in [2.45, 2.75) is 17.3 Å². The summed E-state index contributed by atoms with van der Waals surface area (Å²) in [4.78, 5) is 21.4. The van der Waals surface area contributed by atoms with Crippen molar-refractivity contribution in [1.29, 1.82) is 0 Å². The zero-order valence-electron chi connectivity index (χ0n) is 14.9. The van der Waals surface area contributed by atoms with Gasteiger partial charge in [-0.25, -0.2) is 4.98 Å². The van der Waals surface area contributed by atoms with Gasteiger partial charge in [0.1, 0.15) is 0 Å². The summed E-state index contributed by atoms with van der Waals surface area (Å²) in [5, 5.41) is 11.8. The molecule has 2 heterocycles. The maximum atomic E-state index is 12.6. The van der Waals surface area contributed by atoms with E-state index in [1.165, 1.54) is 11.8 Å². The monoisotopic (exact) mass is 409 g/mol. The lowest BCUT2D eigenvalue weighted by Crippen LogP contribution is -2.22. The Bertz CT molecular complexity index is 1120. The van der Waals surface area contributed by atoms with Crippen LogP contribution in [-0.2, 0) is 4.79 Å². The van der Waals surface area contributed by atoms with Crippen LogP contribution >= 0.6 is 23.4 Å². The fourth-order valence-electron chi connectivity index (χ4n) is 2.69. The second-order valence-electron chi connectivity index (χ2n) is 6.10. The van der Waals surface area contributed by atoms with Crippen molar-refractivity contribution in [2.24, 2.45) is 0 Å². The predicted octanol–water partition coefficient (Wildman–Crippen LogP) is 4.79. The molecule has 8 heteroatoms. The van der Waals surface area contributed by atoms with E-state index < -0.39 is 0 Å². The molecule has 1 amide bonds. The summed E-state index contributed by atoms with van der Waals surface area (Å²) >= 11 is 7.20. The van der Waals surface area contributed by atoms with Crippen LogP contribution in [0.4, 0.5) is 5.69 Å². The smallest absolute Gasteiger partial charge is 0.237 e. The van der Waals surface area contributed by atoms with E-state index >= 15 is 0 Å². The summed E-state index contributed by atoms with van der Waals surface area (Å²) < 4.78 is 0. The minimum atomic E-state index is -0.374. The van der Waals surface area contributed by atoms with Crippen LogP contribution in [0, 0.1) is 0 Å². The number of hydrogen-bond acceptors (Lipinski definition) is 5. The Morgan fingerprint density at radius 2 is 1.96 bits per heavy atom. The van der Waals surface area contributed by atoms with Crippen molar-refractivity contribution < 1.29 is 4.79 Å². The maximum Gasteiger partial charge on any atom is 0.237 e. The molecule has 2 aromatic carbocycles. The maximum absolute atomic E-state index is 12.6. The van der Waals surface area contributed by atoms with E-state index in [0.717, 1.165) is 22.2 Å². The first kappa shape index (κ1) is 18.5. The van der Waals surface area contributed by atoms with Gasteiger partial charge in [-0.05, 0) is 55.5 Å². The van der Waals surface area contributed by atoms with Crippen LogP contribution in [0.25, 0.3) is 22.3 Å². The van der Waals surface area contributed by atoms with Crippen LogP contribution in [-0.4, -0.2) is 31.3 Å². The quantitative estimate of drug-likeness (QED) is 0.463. The summed E-state index contributed by atoms with van der Waals surface area (Å²) in [7, 11) is 0. The summed E-state index contributed by atoms with van der Waals surface area (Å²) in [6.07, 6.45) is 1.73. The SMILES string of the molecule is CC(Sc1n[nH]c(-c2ccc(Cl)cc2)n1)C(=O)Nc1cccc2ncccc12. The minimum absolute atomic E-state index is 0.126. The molecule has 2 aromatic heterocycles. The lowest BCUT2D eigenvalue weighted by Gasteiger charge is -2.12. The Morgan fingerprint density at radius 3 is 2.79 bits per heavy atom. The van der Waals surface area contributed by atoms with Crippen molar-refractivity contribution >= 4 is 45.9 Å². The molecule has 2 N–H and O–H groups in total. The van der Waals surface area contributed by atoms with Crippen LogP contribution in [0.2, 0.25) is 5.02 Å². The molecule has 4 rings (SSSR count). The first-order valence-electron chi connectivity index (χ1n) is 8.60. The van der Waals surface area contributed by atoms with Crippen LogP contribution in [0.15, 0.2) is 66.0 Å². The molecule has 140 valence electrons. The summed E-state index contributed by atoms with van der Waals surface area (Å²) in [6.45, 7) is 1.82. The number of fused-ring (bicyclic) bond motifs is 1. The van der Waals surface area contributed by atoms with Gasteiger partial charge in [0.05, 0.1) is 16.5 Å². The molecule has 0 aliphatic rings. The third-order valence-corrected chi connectivity index (χ3v) is 5.35. The Hall–Kier alpha value is -2.90. The number of aromatic nitrogens is 4. The molecule has 1 atom stereocenters. The highest BCUT2D eigenvalue weighted by molar-refractivity contribution is 8.00. The van der Waals surface area contributed by atoms with Gasteiger partial charge in [0.15, 0.2) is 5.82 Å². The number of amides is 1. The molecule has 6 nitrogen and oxygen atoms in total. The molecule has 0 fully saturated rings. The molecular weight excluding hydrogens is 394 g/mol. The molecule has 0 radical (unpaired) electrons. The molecule has 0 spiro atoms. The number of anilines is 1. The van der Waals surface area contributed by atoms with E-state index in [9.17, 15) is 4.79 Å². The Balaban J connectivity index is 1.45. The van der Waals surface area contributed by atoms with Gasteiger partial charge in [-0.3, -0.25) is 14.9 Å². The Labute approximate surface area is 170 Å². The minimum Gasteiger partial charge on any atom is -0.324 e. The third kappa shape index (κ3) is 4.00. The van der Waals surface area contributed by atoms with E-state index in [2.05, 4.69) is 25.5 Å². The number of carbonyl (C=O) groups is 1. The Morgan fingerprint density at radius 1 is 1.14 bits per heavy atom. The number of thioether (sulfide) groups is 1. The van der Waals surface area contributed by atoms with Crippen molar-refractivity contribution in [3.8, 4) is 11.4 Å². The van der Waals surface area contributed by atoms with Crippen LogP contribution in [0.5, 0.6) is 0 Å². The van der Waals surface area contributed by atoms with Gasteiger partial charge in [-0.1, -0.05) is 29.4 Å². The van der Waals surface area contributed by atoms with Gasteiger partial charge in [0.25, 0.3) is 0 Å². The Kier molecular flexibility index (Phi) is 5.27. The highest BCUT2D eigenvalue weighted by Gasteiger charge is 2.18. The van der Waals surface area contributed by atoms with Crippen LogP contribution in [0.3, 0.4) is 0 Å². The van der Waals surface area contributed by atoms with Crippen molar-refractivity contribution in [1.82, 2.24) is 20.2 Å². The predicted molar refractivity (Wildman–Crippen MR) is 113 cm³/mol. The van der Waals surface area contributed by atoms with E-state index in [4.69, 9.17) is 11.6 Å². The van der Waals surface area contributed by atoms with E-state index in [-0.39, 0.29) is 11.2 Å². The lowest BCUT2D eigenvalue weighted by atomic mass is 10.2. The van der Waals surface area contributed by atoms with Crippen molar-refractivity contribution in [3.05, 3.63) is 65.8 Å². The number of H-pyrrole nitrogens is 1. The number of halogens is 1. The van der Waals surface area contributed by atoms with Gasteiger partial charge < -0.3 is 5.32 Å². The zero-order chi connectivity index (χ0) is 19.5. The van der Waals surface area contributed by atoms with Gasteiger partial charge in [0, 0.05) is 22.2 Å². The number of aromatic amines is 1. The fourth-order valence-corrected chi connectivity index (χ4v) is 3.54. The largest absolute Gasteiger partial charge is 0.324 e. The van der Waals surface area contributed by atoms with E-state index in [0.29, 0.717) is 16.0 Å². The first-order chi connectivity index (χ1) is 13.6. The topological polar surface area (TPSA) is 83.6 Å². The van der Waals surface area contributed by atoms with Crippen molar-refractivity contribution in [3.63, 3.8) is 0 Å². The van der Waals surface area contributed by atoms with Gasteiger partial charge >= 0.3 is 0 Å². The van der Waals surface area contributed by atoms with E-state index in [1.807, 2.05) is 49.4 Å². The van der Waals surface area contributed by atoms with Crippen LogP contribution in [0.1, 0.15) is 6.92 Å². The molecule has 28 heavy (non-hydrogen) atoms. The average molecular weight is 410 g/mol. The third-order valence-electron chi connectivity index (χ3n) is 4.14. The number of pyridine rings is 1. The lowest BCUT2D eigenvalue weighted by molar-refractivity contribution is -0.115. The molecular formula is C20H16ClN5OS. The van der Waals surface area contributed by atoms with E-state index in [1.54, 1.807) is 18.3 Å². The van der Waals surface area contributed by atoms with Crippen LogP contribution < -0.4 is 5.32 Å². The fraction of sp³-hybridized carbons (Fsp3) is 0.100.